The van der Waals surface area contributed by atoms with Gasteiger partial charge in [-0.1, -0.05) is 19.8 Å². The second-order valence-corrected chi connectivity index (χ2v) is 6.14. The third-order valence-corrected chi connectivity index (χ3v) is 4.28. The molecule has 0 N–H and O–H groups in total. The molecule has 2 rings (SSSR count). The number of hydrogen-bond donors (Lipinski definition) is 0. The van der Waals surface area contributed by atoms with Crippen molar-refractivity contribution in [2.75, 3.05) is 0 Å². The molecule has 4 nitrogen and oxygen atoms in total. The van der Waals surface area contributed by atoms with Crippen LogP contribution in [0.3, 0.4) is 0 Å². The summed E-state index contributed by atoms with van der Waals surface area (Å²) in [5.74, 6) is -0.128. The average molecular weight is 291 g/mol. The van der Waals surface area contributed by atoms with Gasteiger partial charge in [-0.2, -0.15) is 9.78 Å². The fourth-order valence-electron chi connectivity index (χ4n) is 2.36. The number of aromatic nitrogens is 3. The Hall–Kier alpha value is -1.49. The molecule has 0 aromatic carbocycles. The number of thiazole rings is 1. The SMILES string of the molecule is CCCCCc1c(C)nn(C(=O)c2csc(C)n2)c1C. The molecule has 0 aliphatic heterocycles. The molecule has 0 amide bonds. The maximum absolute atomic E-state index is 12.4. The molecule has 0 bridgehead atoms. The van der Waals surface area contributed by atoms with E-state index in [1.54, 1.807) is 5.38 Å². The van der Waals surface area contributed by atoms with Crippen LogP contribution in [-0.2, 0) is 6.42 Å². The Bertz CT molecular complexity index is 613. The second kappa shape index (κ2) is 6.31. The van der Waals surface area contributed by atoms with Crippen LogP contribution in [0.25, 0.3) is 0 Å². The number of aryl methyl sites for hydroxylation is 2. The van der Waals surface area contributed by atoms with Crippen molar-refractivity contribution in [3.8, 4) is 0 Å². The predicted molar refractivity (Wildman–Crippen MR) is 81.5 cm³/mol. The van der Waals surface area contributed by atoms with E-state index in [1.165, 1.54) is 34.4 Å². The van der Waals surface area contributed by atoms with Gasteiger partial charge in [0.05, 0.1) is 10.7 Å². The Morgan fingerprint density at radius 1 is 1.30 bits per heavy atom. The Morgan fingerprint density at radius 3 is 2.65 bits per heavy atom. The van der Waals surface area contributed by atoms with Crippen LogP contribution in [0.5, 0.6) is 0 Å². The molecule has 2 aromatic rings. The Kier molecular flexibility index (Phi) is 4.70. The summed E-state index contributed by atoms with van der Waals surface area (Å²) in [6.45, 7) is 8.04. The minimum atomic E-state index is -0.128. The molecular weight excluding hydrogens is 270 g/mol. The standard InChI is InChI=1S/C15H21N3OS/c1-5-6-7-8-13-10(2)17-18(11(13)3)15(19)14-9-20-12(4)16-14/h9H,5-8H2,1-4H3. The van der Waals surface area contributed by atoms with Gasteiger partial charge in [0.1, 0.15) is 5.69 Å². The van der Waals surface area contributed by atoms with Crippen molar-refractivity contribution >= 4 is 17.2 Å². The summed E-state index contributed by atoms with van der Waals surface area (Å²) in [7, 11) is 0. The lowest BCUT2D eigenvalue weighted by atomic mass is 10.1. The van der Waals surface area contributed by atoms with E-state index in [2.05, 4.69) is 17.0 Å². The zero-order valence-electron chi connectivity index (χ0n) is 12.6. The Balaban J connectivity index is 2.25. The van der Waals surface area contributed by atoms with Gasteiger partial charge in [-0.25, -0.2) is 4.98 Å². The van der Waals surface area contributed by atoms with Crippen LogP contribution in [0.1, 0.15) is 58.6 Å². The van der Waals surface area contributed by atoms with Crippen LogP contribution in [0, 0.1) is 20.8 Å². The van der Waals surface area contributed by atoms with Crippen LogP contribution >= 0.6 is 11.3 Å². The fraction of sp³-hybridized carbons (Fsp3) is 0.533. The van der Waals surface area contributed by atoms with Crippen LogP contribution in [0.15, 0.2) is 5.38 Å². The van der Waals surface area contributed by atoms with Crippen molar-refractivity contribution in [1.29, 1.82) is 0 Å². The van der Waals surface area contributed by atoms with Gasteiger partial charge in [-0.3, -0.25) is 4.79 Å². The molecule has 0 unspecified atom stereocenters. The third kappa shape index (κ3) is 2.98. The molecule has 0 radical (unpaired) electrons. The zero-order valence-corrected chi connectivity index (χ0v) is 13.4. The summed E-state index contributed by atoms with van der Waals surface area (Å²) >= 11 is 1.49. The van der Waals surface area contributed by atoms with E-state index in [-0.39, 0.29) is 5.91 Å². The summed E-state index contributed by atoms with van der Waals surface area (Å²) < 4.78 is 1.51. The molecule has 2 aromatic heterocycles. The van der Waals surface area contributed by atoms with Gasteiger partial charge in [0.15, 0.2) is 0 Å². The average Bonchev–Trinajstić information content (AvgIpc) is 2.96. The highest BCUT2D eigenvalue weighted by Crippen LogP contribution is 2.18. The number of carbonyl (C=O) groups excluding carboxylic acids is 1. The van der Waals surface area contributed by atoms with E-state index in [0.29, 0.717) is 5.69 Å². The van der Waals surface area contributed by atoms with Crippen molar-refractivity contribution in [2.24, 2.45) is 0 Å². The first-order chi connectivity index (χ1) is 9.54. The van der Waals surface area contributed by atoms with Crippen molar-refractivity contribution in [2.45, 2.75) is 53.4 Å². The molecule has 0 aliphatic rings. The molecule has 0 aliphatic carbocycles. The molecule has 20 heavy (non-hydrogen) atoms. The maximum atomic E-state index is 12.4. The van der Waals surface area contributed by atoms with E-state index < -0.39 is 0 Å². The van der Waals surface area contributed by atoms with Gasteiger partial charge in [0.25, 0.3) is 5.91 Å². The molecule has 0 atom stereocenters. The molecule has 0 spiro atoms. The van der Waals surface area contributed by atoms with Gasteiger partial charge < -0.3 is 0 Å². The van der Waals surface area contributed by atoms with E-state index in [4.69, 9.17) is 0 Å². The molecular formula is C15H21N3OS. The van der Waals surface area contributed by atoms with Crippen LogP contribution in [0.2, 0.25) is 0 Å². The normalized spacial score (nSPS) is 11.0. The minimum Gasteiger partial charge on any atom is -0.265 e. The maximum Gasteiger partial charge on any atom is 0.297 e. The summed E-state index contributed by atoms with van der Waals surface area (Å²) in [4.78, 5) is 16.7. The lowest BCUT2D eigenvalue weighted by molar-refractivity contribution is 0.0938. The number of rotatable bonds is 5. The lowest BCUT2D eigenvalue weighted by Gasteiger charge is -2.02. The highest BCUT2D eigenvalue weighted by Gasteiger charge is 2.19. The summed E-state index contributed by atoms with van der Waals surface area (Å²) in [5.41, 5.74) is 3.60. The topological polar surface area (TPSA) is 47.8 Å². The first-order valence-corrected chi connectivity index (χ1v) is 7.94. The smallest absolute Gasteiger partial charge is 0.265 e. The quantitative estimate of drug-likeness (QED) is 0.789. The monoisotopic (exact) mass is 291 g/mol. The Labute approximate surface area is 123 Å². The van der Waals surface area contributed by atoms with Crippen LogP contribution < -0.4 is 0 Å². The number of nitrogens with zero attached hydrogens (tertiary/aromatic N) is 3. The summed E-state index contributed by atoms with van der Waals surface area (Å²) in [6, 6.07) is 0. The predicted octanol–water partition coefficient (Wildman–Crippen LogP) is 3.69. The number of carbonyl (C=O) groups is 1. The summed E-state index contributed by atoms with van der Waals surface area (Å²) in [5, 5.41) is 7.10. The molecule has 2 heterocycles. The second-order valence-electron chi connectivity index (χ2n) is 5.08. The van der Waals surface area contributed by atoms with Gasteiger partial charge in [-0.15, -0.1) is 11.3 Å². The number of hydrogen-bond acceptors (Lipinski definition) is 4. The van der Waals surface area contributed by atoms with Crippen LogP contribution in [0.4, 0.5) is 0 Å². The van der Waals surface area contributed by atoms with Crippen LogP contribution in [-0.4, -0.2) is 20.7 Å². The van der Waals surface area contributed by atoms with E-state index in [0.717, 1.165) is 29.2 Å². The molecule has 5 heteroatoms. The van der Waals surface area contributed by atoms with Gasteiger partial charge >= 0.3 is 0 Å². The van der Waals surface area contributed by atoms with E-state index in [9.17, 15) is 4.79 Å². The molecule has 0 saturated carbocycles. The highest BCUT2D eigenvalue weighted by molar-refractivity contribution is 7.09. The first kappa shape index (κ1) is 14.9. The van der Waals surface area contributed by atoms with Gasteiger partial charge in [0, 0.05) is 11.1 Å². The Morgan fingerprint density at radius 2 is 2.05 bits per heavy atom. The van der Waals surface area contributed by atoms with E-state index >= 15 is 0 Å². The van der Waals surface area contributed by atoms with E-state index in [1.807, 2.05) is 20.8 Å². The van der Waals surface area contributed by atoms with Crippen molar-refractivity contribution < 1.29 is 4.79 Å². The van der Waals surface area contributed by atoms with Gasteiger partial charge in [-0.05, 0) is 39.2 Å². The lowest BCUT2D eigenvalue weighted by Crippen LogP contribution is -2.16. The summed E-state index contributed by atoms with van der Waals surface area (Å²) in [6.07, 6.45) is 4.55. The number of unbranched alkanes of at least 4 members (excludes halogenated alkanes) is 2. The third-order valence-electron chi connectivity index (χ3n) is 3.50. The van der Waals surface area contributed by atoms with Gasteiger partial charge in [0.2, 0.25) is 0 Å². The zero-order chi connectivity index (χ0) is 14.7. The van der Waals surface area contributed by atoms with Crippen molar-refractivity contribution in [1.82, 2.24) is 14.8 Å². The molecule has 108 valence electrons. The molecule has 0 fully saturated rings. The minimum absolute atomic E-state index is 0.128. The highest BCUT2D eigenvalue weighted by atomic mass is 32.1. The first-order valence-electron chi connectivity index (χ1n) is 7.06. The molecule has 0 saturated heterocycles. The van der Waals surface area contributed by atoms with Crippen molar-refractivity contribution in [3.05, 3.63) is 33.0 Å². The largest absolute Gasteiger partial charge is 0.297 e. The van der Waals surface area contributed by atoms with Crippen molar-refractivity contribution in [3.63, 3.8) is 0 Å². The fourth-order valence-corrected chi connectivity index (χ4v) is 2.94.